The maximum Gasteiger partial charge on any atom is 0.233 e. The standard InChI is InChI=1S/C20H20Cl2N4O3S2/c21-14-6-3-7-15(22)13(14)10-30-20-25-24-19(31-20)23-16(27)8-9-26-17(28)11-4-1-2-5-12(11)18(26)29/h3,6-7,11-12H,1-2,4-5,8-10H2,(H,23,24,27)/t11-,12+. The van der Waals surface area contributed by atoms with Crippen molar-refractivity contribution in [2.24, 2.45) is 11.8 Å². The molecule has 1 aliphatic heterocycles. The Morgan fingerprint density at radius 2 is 1.77 bits per heavy atom. The van der Waals surface area contributed by atoms with Crippen LogP contribution in [0.15, 0.2) is 22.5 Å². The highest BCUT2D eigenvalue weighted by molar-refractivity contribution is 8.00. The Hall–Kier alpha value is -1.68. The van der Waals surface area contributed by atoms with Gasteiger partial charge in [-0.2, -0.15) is 0 Å². The molecular weight excluding hydrogens is 479 g/mol. The van der Waals surface area contributed by atoms with Crippen molar-refractivity contribution in [2.45, 2.75) is 42.2 Å². The zero-order chi connectivity index (χ0) is 22.0. The summed E-state index contributed by atoms with van der Waals surface area (Å²) in [6, 6.07) is 5.34. The molecule has 1 aliphatic carbocycles. The normalized spacial score (nSPS) is 20.8. The van der Waals surface area contributed by atoms with E-state index in [1.807, 2.05) is 0 Å². The third-order valence-electron chi connectivity index (χ3n) is 5.55. The number of imide groups is 1. The van der Waals surface area contributed by atoms with Crippen molar-refractivity contribution in [3.8, 4) is 0 Å². The minimum atomic E-state index is -0.308. The fourth-order valence-electron chi connectivity index (χ4n) is 3.97. The van der Waals surface area contributed by atoms with Crippen LogP contribution < -0.4 is 5.32 Å². The molecule has 1 N–H and O–H groups in total. The number of anilines is 1. The Morgan fingerprint density at radius 3 is 2.42 bits per heavy atom. The highest BCUT2D eigenvalue weighted by Gasteiger charge is 2.47. The predicted octanol–water partition coefficient (Wildman–Crippen LogP) is 4.64. The van der Waals surface area contributed by atoms with Gasteiger partial charge >= 0.3 is 0 Å². The third kappa shape index (κ3) is 5.05. The second-order valence-corrected chi connectivity index (χ2v) is 10.5. The number of carbonyl (C=O) groups excluding carboxylic acids is 3. The van der Waals surface area contributed by atoms with Crippen LogP contribution in [-0.4, -0.2) is 39.4 Å². The molecule has 11 heteroatoms. The lowest BCUT2D eigenvalue weighted by atomic mass is 9.81. The number of benzene rings is 1. The lowest BCUT2D eigenvalue weighted by Gasteiger charge is -2.19. The van der Waals surface area contributed by atoms with E-state index in [2.05, 4.69) is 15.5 Å². The van der Waals surface area contributed by atoms with Crippen LogP contribution in [0.2, 0.25) is 10.0 Å². The first-order valence-electron chi connectivity index (χ1n) is 9.98. The van der Waals surface area contributed by atoms with Gasteiger partial charge in [0.25, 0.3) is 0 Å². The number of halogens is 2. The molecule has 164 valence electrons. The fourth-order valence-corrected chi connectivity index (χ4v) is 6.48. The van der Waals surface area contributed by atoms with Crippen molar-refractivity contribution in [3.63, 3.8) is 0 Å². The number of rotatable bonds is 7. The molecule has 2 aliphatic rings. The quantitative estimate of drug-likeness (QED) is 0.339. The number of thioether (sulfide) groups is 1. The van der Waals surface area contributed by atoms with E-state index >= 15 is 0 Å². The van der Waals surface area contributed by atoms with Gasteiger partial charge in [0.1, 0.15) is 0 Å². The van der Waals surface area contributed by atoms with E-state index in [1.54, 1.807) is 18.2 Å². The molecule has 2 heterocycles. The zero-order valence-corrected chi connectivity index (χ0v) is 19.6. The highest BCUT2D eigenvalue weighted by atomic mass is 35.5. The average molecular weight is 499 g/mol. The molecule has 2 aromatic rings. The molecular formula is C20H20Cl2N4O3S2. The van der Waals surface area contributed by atoms with Crippen LogP contribution >= 0.6 is 46.3 Å². The van der Waals surface area contributed by atoms with E-state index in [1.165, 1.54) is 28.0 Å². The van der Waals surface area contributed by atoms with Crippen molar-refractivity contribution < 1.29 is 14.4 Å². The maximum absolute atomic E-state index is 12.5. The molecule has 31 heavy (non-hydrogen) atoms. The van der Waals surface area contributed by atoms with Gasteiger partial charge in [-0.1, -0.05) is 65.2 Å². The molecule has 0 radical (unpaired) electrons. The average Bonchev–Trinajstić information content (AvgIpc) is 3.29. The molecule has 1 aromatic heterocycles. The molecule has 0 bridgehead atoms. The number of likely N-dealkylation sites (tertiary alicyclic amines) is 1. The van der Waals surface area contributed by atoms with Crippen molar-refractivity contribution in [3.05, 3.63) is 33.8 Å². The van der Waals surface area contributed by atoms with Crippen LogP contribution in [0.5, 0.6) is 0 Å². The largest absolute Gasteiger partial charge is 0.300 e. The maximum atomic E-state index is 12.5. The number of nitrogens with zero attached hydrogens (tertiary/aromatic N) is 3. The van der Waals surface area contributed by atoms with Gasteiger partial charge in [-0.3, -0.25) is 19.3 Å². The molecule has 2 atom stereocenters. The molecule has 1 saturated carbocycles. The van der Waals surface area contributed by atoms with Gasteiger partial charge in [0.05, 0.1) is 11.8 Å². The number of fused-ring (bicyclic) bond motifs is 1. The van der Waals surface area contributed by atoms with Crippen LogP contribution in [0.4, 0.5) is 5.13 Å². The number of amides is 3. The van der Waals surface area contributed by atoms with E-state index < -0.39 is 0 Å². The Morgan fingerprint density at radius 1 is 1.13 bits per heavy atom. The summed E-state index contributed by atoms with van der Waals surface area (Å²) in [5.74, 6) is -0.428. The topological polar surface area (TPSA) is 92.3 Å². The molecule has 0 spiro atoms. The van der Waals surface area contributed by atoms with Gasteiger partial charge in [0.15, 0.2) is 4.34 Å². The Labute approximate surface area is 197 Å². The van der Waals surface area contributed by atoms with E-state index in [-0.39, 0.29) is 42.5 Å². The van der Waals surface area contributed by atoms with Gasteiger partial charge in [0.2, 0.25) is 22.9 Å². The number of nitrogens with one attached hydrogen (secondary N) is 1. The Bertz CT molecular complexity index is 972. The Kier molecular flexibility index (Phi) is 7.15. The summed E-state index contributed by atoms with van der Waals surface area (Å²) < 4.78 is 0.667. The number of aromatic nitrogens is 2. The summed E-state index contributed by atoms with van der Waals surface area (Å²) in [6.07, 6.45) is 3.53. The summed E-state index contributed by atoms with van der Waals surface area (Å²) in [4.78, 5) is 38.6. The van der Waals surface area contributed by atoms with Crippen molar-refractivity contribution in [2.75, 3.05) is 11.9 Å². The molecule has 0 unspecified atom stereocenters. The fraction of sp³-hybridized carbons (Fsp3) is 0.450. The predicted molar refractivity (Wildman–Crippen MR) is 121 cm³/mol. The van der Waals surface area contributed by atoms with E-state index in [0.717, 1.165) is 31.2 Å². The summed E-state index contributed by atoms with van der Waals surface area (Å²) in [5, 5.41) is 12.3. The summed E-state index contributed by atoms with van der Waals surface area (Å²) in [7, 11) is 0. The number of hydrogen-bond donors (Lipinski definition) is 1. The van der Waals surface area contributed by atoms with Crippen LogP contribution in [-0.2, 0) is 20.1 Å². The lowest BCUT2D eigenvalue weighted by Crippen LogP contribution is -2.34. The zero-order valence-electron chi connectivity index (χ0n) is 16.5. The lowest BCUT2D eigenvalue weighted by molar-refractivity contribution is -0.140. The first kappa shape index (κ1) is 22.5. The summed E-state index contributed by atoms with van der Waals surface area (Å²) in [5.41, 5.74) is 0.817. The first-order chi connectivity index (χ1) is 14.9. The van der Waals surface area contributed by atoms with Gasteiger partial charge in [-0.15, -0.1) is 10.2 Å². The van der Waals surface area contributed by atoms with Crippen LogP contribution in [0, 0.1) is 11.8 Å². The molecule has 7 nitrogen and oxygen atoms in total. The minimum Gasteiger partial charge on any atom is -0.300 e. The van der Waals surface area contributed by atoms with E-state index in [0.29, 0.717) is 25.3 Å². The number of carbonyl (C=O) groups is 3. The second-order valence-electron chi connectivity index (χ2n) is 7.49. The van der Waals surface area contributed by atoms with Gasteiger partial charge in [-0.25, -0.2) is 0 Å². The first-order valence-corrected chi connectivity index (χ1v) is 12.5. The molecule has 4 rings (SSSR count). The third-order valence-corrected chi connectivity index (χ3v) is 8.26. The monoisotopic (exact) mass is 498 g/mol. The smallest absolute Gasteiger partial charge is 0.233 e. The van der Waals surface area contributed by atoms with Gasteiger partial charge in [-0.05, 0) is 30.5 Å². The molecule has 1 aromatic carbocycles. The van der Waals surface area contributed by atoms with Crippen molar-refractivity contribution in [1.29, 1.82) is 0 Å². The summed E-state index contributed by atoms with van der Waals surface area (Å²) in [6.45, 7) is 0.0991. The van der Waals surface area contributed by atoms with E-state index in [4.69, 9.17) is 23.2 Å². The van der Waals surface area contributed by atoms with Crippen molar-refractivity contribution in [1.82, 2.24) is 15.1 Å². The molecule has 2 fully saturated rings. The summed E-state index contributed by atoms with van der Waals surface area (Å²) >= 11 is 15.0. The second kappa shape index (κ2) is 9.85. The van der Waals surface area contributed by atoms with Crippen molar-refractivity contribution >= 4 is 69.2 Å². The van der Waals surface area contributed by atoms with Crippen LogP contribution in [0.1, 0.15) is 37.7 Å². The number of hydrogen-bond acceptors (Lipinski definition) is 7. The highest BCUT2D eigenvalue weighted by Crippen LogP contribution is 2.38. The van der Waals surface area contributed by atoms with Crippen LogP contribution in [0.3, 0.4) is 0 Å². The minimum absolute atomic E-state index is 0.0359. The Balaban J connectivity index is 1.27. The SMILES string of the molecule is O=C(CCN1C(=O)[C@H]2CCCC[C@H]2C1=O)Nc1nnc(SCc2c(Cl)cccc2Cl)s1. The van der Waals surface area contributed by atoms with Gasteiger partial charge in [0, 0.05) is 28.8 Å². The van der Waals surface area contributed by atoms with E-state index in [9.17, 15) is 14.4 Å². The van der Waals surface area contributed by atoms with Gasteiger partial charge < -0.3 is 5.32 Å². The molecule has 1 saturated heterocycles. The van der Waals surface area contributed by atoms with Crippen LogP contribution in [0.25, 0.3) is 0 Å². The molecule has 3 amide bonds.